The van der Waals surface area contributed by atoms with E-state index in [1.165, 1.54) is 7.11 Å². The second kappa shape index (κ2) is 3.04. The Morgan fingerprint density at radius 1 is 1.73 bits per heavy atom. The third-order valence-electron chi connectivity index (χ3n) is 1.54. The molecule has 11 heavy (non-hydrogen) atoms. The SMILES string of the molecule is COC1C(Cl)=NC(C#N)=C1C. The van der Waals surface area contributed by atoms with Gasteiger partial charge in [-0.05, 0) is 12.5 Å². The monoisotopic (exact) mass is 170 g/mol. The summed E-state index contributed by atoms with van der Waals surface area (Å²) in [7, 11) is 1.53. The molecule has 0 fully saturated rings. The zero-order valence-electron chi connectivity index (χ0n) is 6.26. The topological polar surface area (TPSA) is 45.4 Å². The summed E-state index contributed by atoms with van der Waals surface area (Å²) in [4.78, 5) is 3.82. The number of methoxy groups -OCH3 is 1. The minimum absolute atomic E-state index is 0.314. The molecule has 1 heterocycles. The maximum absolute atomic E-state index is 8.54. The molecular weight excluding hydrogens is 164 g/mol. The minimum Gasteiger partial charge on any atom is -0.370 e. The zero-order valence-corrected chi connectivity index (χ0v) is 7.01. The van der Waals surface area contributed by atoms with E-state index in [0.29, 0.717) is 10.9 Å². The first-order chi connectivity index (χ1) is 5.20. The Labute approximate surface area is 69.9 Å². The average molecular weight is 171 g/mol. The molecule has 58 valence electrons. The largest absolute Gasteiger partial charge is 0.370 e. The molecule has 1 aliphatic rings. The number of halogens is 1. The fraction of sp³-hybridized carbons (Fsp3) is 0.429. The Morgan fingerprint density at radius 3 is 2.64 bits per heavy atom. The van der Waals surface area contributed by atoms with Crippen molar-refractivity contribution in [3.05, 3.63) is 11.3 Å². The summed E-state index contributed by atoms with van der Waals surface area (Å²) in [5.41, 5.74) is 1.14. The number of aliphatic imine (C=N–C) groups is 1. The highest BCUT2D eigenvalue weighted by atomic mass is 35.5. The van der Waals surface area contributed by atoms with Gasteiger partial charge in [0.2, 0.25) is 0 Å². The van der Waals surface area contributed by atoms with Gasteiger partial charge in [-0.15, -0.1) is 0 Å². The van der Waals surface area contributed by atoms with Crippen molar-refractivity contribution in [3.8, 4) is 6.07 Å². The molecule has 0 spiro atoms. The number of ether oxygens (including phenoxy) is 1. The van der Waals surface area contributed by atoms with E-state index < -0.39 is 0 Å². The standard InChI is InChI=1S/C7H7ClN2O/c1-4-5(3-9)10-7(8)6(4)11-2/h6H,1-2H3. The lowest BCUT2D eigenvalue weighted by atomic mass is 10.2. The third kappa shape index (κ3) is 1.28. The first-order valence-corrected chi connectivity index (χ1v) is 3.46. The van der Waals surface area contributed by atoms with Gasteiger partial charge in [0.05, 0.1) is 0 Å². The lowest BCUT2D eigenvalue weighted by molar-refractivity contribution is 0.186. The van der Waals surface area contributed by atoms with Crippen LogP contribution in [0.3, 0.4) is 0 Å². The summed E-state index contributed by atoms with van der Waals surface area (Å²) in [5, 5.41) is 8.87. The Bertz CT molecular complexity index is 275. The molecule has 0 saturated heterocycles. The van der Waals surface area contributed by atoms with Crippen molar-refractivity contribution < 1.29 is 4.74 Å². The number of nitrogens with zero attached hydrogens (tertiary/aromatic N) is 2. The lowest BCUT2D eigenvalue weighted by Crippen LogP contribution is -2.15. The summed E-state index contributed by atoms with van der Waals surface area (Å²) >= 11 is 5.68. The molecule has 0 aromatic rings. The lowest BCUT2D eigenvalue weighted by Gasteiger charge is -2.06. The van der Waals surface area contributed by atoms with Gasteiger partial charge in [0.25, 0.3) is 0 Å². The van der Waals surface area contributed by atoms with Crippen molar-refractivity contribution in [3.63, 3.8) is 0 Å². The summed E-state index contributed by atoms with van der Waals surface area (Å²) in [6.45, 7) is 1.78. The Hall–Kier alpha value is -0.850. The van der Waals surface area contributed by atoms with Crippen molar-refractivity contribution in [2.45, 2.75) is 13.0 Å². The fourth-order valence-corrected chi connectivity index (χ4v) is 1.28. The Kier molecular flexibility index (Phi) is 2.28. The molecule has 1 aliphatic heterocycles. The molecule has 0 aromatic carbocycles. The first-order valence-electron chi connectivity index (χ1n) is 3.08. The van der Waals surface area contributed by atoms with E-state index in [4.69, 9.17) is 21.6 Å². The second-order valence-electron chi connectivity index (χ2n) is 2.19. The van der Waals surface area contributed by atoms with Crippen LogP contribution in [0.4, 0.5) is 0 Å². The van der Waals surface area contributed by atoms with Gasteiger partial charge in [0.15, 0.2) is 0 Å². The maximum Gasteiger partial charge on any atom is 0.143 e. The van der Waals surface area contributed by atoms with Crippen molar-refractivity contribution in [1.29, 1.82) is 5.26 Å². The summed E-state index contributed by atoms with van der Waals surface area (Å²) in [6, 6.07) is 1.94. The highest BCUT2D eigenvalue weighted by Crippen LogP contribution is 2.22. The highest BCUT2D eigenvalue weighted by Gasteiger charge is 2.25. The molecule has 3 nitrogen and oxygen atoms in total. The van der Waals surface area contributed by atoms with Crippen LogP contribution in [-0.2, 0) is 4.74 Å². The van der Waals surface area contributed by atoms with Gasteiger partial charge in [0, 0.05) is 7.11 Å². The summed E-state index contributed by atoms with van der Waals surface area (Å²) in [5.74, 6) is 0. The molecule has 0 bridgehead atoms. The Morgan fingerprint density at radius 2 is 2.36 bits per heavy atom. The van der Waals surface area contributed by atoms with E-state index in [9.17, 15) is 0 Å². The first kappa shape index (κ1) is 8.25. The van der Waals surface area contributed by atoms with Crippen molar-refractivity contribution in [2.75, 3.05) is 7.11 Å². The van der Waals surface area contributed by atoms with Crippen LogP contribution in [0.5, 0.6) is 0 Å². The average Bonchev–Trinajstić information content (AvgIpc) is 2.26. The third-order valence-corrected chi connectivity index (χ3v) is 1.83. The van der Waals surface area contributed by atoms with Crippen LogP contribution in [0.15, 0.2) is 16.3 Å². The van der Waals surface area contributed by atoms with Crippen molar-refractivity contribution >= 4 is 16.8 Å². The molecule has 0 radical (unpaired) electrons. The van der Waals surface area contributed by atoms with Gasteiger partial charge < -0.3 is 4.74 Å². The maximum atomic E-state index is 8.54. The zero-order chi connectivity index (χ0) is 8.43. The minimum atomic E-state index is -0.314. The van der Waals surface area contributed by atoms with Crippen LogP contribution in [0.25, 0.3) is 0 Å². The molecule has 0 N–H and O–H groups in total. The van der Waals surface area contributed by atoms with Crippen molar-refractivity contribution in [2.24, 2.45) is 4.99 Å². The number of allylic oxidation sites excluding steroid dienone is 1. The van der Waals surface area contributed by atoms with Gasteiger partial charge in [-0.25, -0.2) is 4.99 Å². The van der Waals surface area contributed by atoms with Crippen LogP contribution in [0, 0.1) is 11.3 Å². The molecule has 1 unspecified atom stereocenters. The quantitative estimate of drug-likeness (QED) is 0.598. The van der Waals surface area contributed by atoms with Gasteiger partial charge in [-0.1, -0.05) is 11.6 Å². The number of hydrogen-bond acceptors (Lipinski definition) is 3. The van der Waals surface area contributed by atoms with Crippen molar-refractivity contribution in [1.82, 2.24) is 0 Å². The van der Waals surface area contributed by atoms with Crippen LogP contribution in [0.2, 0.25) is 0 Å². The molecule has 0 saturated carbocycles. The molecule has 1 atom stereocenters. The van der Waals surface area contributed by atoms with Gasteiger partial charge in [0.1, 0.15) is 23.0 Å². The smallest absolute Gasteiger partial charge is 0.143 e. The van der Waals surface area contributed by atoms with Crippen LogP contribution in [0.1, 0.15) is 6.92 Å². The number of hydrogen-bond donors (Lipinski definition) is 0. The second-order valence-corrected chi connectivity index (χ2v) is 2.58. The number of rotatable bonds is 1. The van der Waals surface area contributed by atoms with E-state index >= 15 is 0 Å². The van der Waals surface area contributed by atoms with E-state index in [1.54, 1.807) is 6.92 Å². The van der Waals surface area contributed by atoms with E-state index in [1.807, 2.05) is 6.07 Å². The van der Waals surface area contributed by atoms with Crippen LogP contribution < -0.4 is 0 Å². The molecule has 4 heteroatoms. The fourth-order valence-electron chi connectivity index (χ4n) is 0.944. The molecule has 0 aliphatic carbocycles. The van der Waals surface area contributed by atoms with Crippen LogP contribution >= 0.6 is 11.6 Å². The predicted molar refractivity (Wildman–Crippen MR) is 42.4 cm³/mol. The molecule has 1 rings (SSSR count). The van der Waals surface area contributed by atoms with Gasteiger partial charge in [-0.2, -0.15) is 5.26 Å². The van der Waals surface area contributed by atoms with Gasteiger partial charge in [-0.3, -0.25) is 0 Å². The normalized spacial score (nSPS) is 23.5. The Balaban J connectivity index is 2.98. The summed E-state index contributed by atoms with van der Waals surface area (Å²) < 4.78 is 5.00. The van der Waals surface area contributed by atoms with E-state index in [0.717, 1.165) is 5.57 Å². The molecule has 0 amide bonds. The highest BCUT2D eigenvalue weighted by molar-refractivity contribution is 6.67. The molecular formula is C7H7ClN2O. The van der Waals surface area contributed by atoms with E-state index in [-0.39, 0.29) is 6.10 Å². The summed E-state index contributed by atoms with van der Waals surface area (Å²) in [6.07, 6.45) is -0.314. The molecule has 0 aromatic heterocycles. The predicted octanol–water partition coefficient (Wildman–Crippen LogP) is 1.45. The number of nitriles is 1. The van der Waals surface area contributed by atoms with Gasteiger partial charge >= 0.3 is 0 Å². The van der Waals surface area contributed by atoms with Crippen LogP contribution in [-0.4, -0.2) is 18.4 Å². The van der Waals surface area contributed by atoms with E-state index in [2.05, 4.69) is 4.99 Å².